The monoisotopic (exact) mass is 434 g/mol. The predicted molar refractivity (Wildman–Crippen MR) is 105 cm³/mol. The zero-order valence-corrected chi connectivity index (χ0v) is 17.3. The average Bonchev–Trinajstić information content (AvgIpc) is 3.16. The summed E-state index contributed by atoms with van der Waals surface area (Å²) in [5.41, 5.74) is 0.804. The molecule has 1 aliphatic heterocycles. The number of pyridine rings is 1. The van der Waals surface area contributed by atoms with Gasteiger partial charge in [0.15, 0.2) is 0 Å². The molecule has 3 heterocycles. The smallest absolute Gasteiger partial charge is 0.340 e. The summed E-state index contributed by atoms with van der Waals surface area (Å²) >= 11 is 1.02. The fourth-order valence-electron chi connectivity index (χ4n) is 2.83. The highest BCUT2D eigenvalue weighted by Gasteiger charge is 2.37. The molecule has 1 amide bonds. The van der Waals surface area contributed by atoms with Crippen molar-refractivity contribution in [2.45, 2.75) is 18.1 Å². The Morgan fingerprint density at radius 1 is 1.45 bits per heavy atom. The normalized spacial score (nSPS) is 14.0. The minimum Gasteiger partial charge on any atom is -0.462 e. The second-order valence-electron chi connectivity index (χ2n) is 6.33. The average molecular weight is 434 g/mol. The Hall–Kier alpha value is -2.97. The van der Waals surface area contributed by atoms with Crippen molar-refractivity contribution in [3.8, 4) is 6.07 Å². The zero-order chi connectivity index (χ0) is 21.2. The quantitative estimate of drug-likeness (QED) is 0.676. The molecule has 0 radical (unpaired) electrons. The number of hydrogen-bond donors (Lipinski definition) is 1. The van der Waals surface area contributed by atoms with Gasteiger partial charge in [0.05, 0.1) is 29.3 Å². The van der Waals surface area contributed by atoms with Crippen molar-refractivity contribution in [3.63, 3.8) is 0 Å². The standard InChI is InChI=1S/C18H18N4O5S2/c1-3-27-18(24)14-7-12(8-19)16(20-11(14)2)22-9-13(10-22)17(23)21-29(25,26)15-5-4-6-28-15/h4-7,13H,3,9-10H2,1-2H3,(H,21,23). The van der Waals surface area contributed by atoms with Crippen molar-refractivity contribution in [3.05, 3.63) is 40.4 Å². The van der Waals surface area contributed by atoms with Crippen molar-refractivity contribution >= 4 is 39.1 Å². The Bertz CT molecular complexity index is 1080. The number of amides is 1. The van der Waals surface area contributed by atoms with Crippen LogP contribution in [0.5, 0.6) is 0 Å². The van der Waals surface area contributed by atoms with Gasteiger partial charge < -0.3 is 9.64 Å². The first-order chi connectivity index (χ1) is 13.8. The van der Waals surface area contributed by atoms with Crippen LogP contribution in [-0.2, 0) is 19.6 Å². The van der Waals surface area contributed by atoms with Gasteiger partial charge in [0.1, 0.15) is 16.1 Å². The van der Waals surface area contributed by atoms with Gasteiger partial charge in [-0.3, -0.25) is 4.79 Å². The highest BCUT2D eigenvalue weighted by Crippen LogP contribution is 2.28. The molecular weight excluding hydrogens is 416 g/mol. The van der Waals surface area contributed by atoms with E-state index in [4.69, 9.17) is 4.74 Å². The molecule has 9 nitrogen and oxygen atoms in total. The summed E-state index contributed by atoms with van der Waals surface area (Å²) in [5, 5.41) is 11.0. The molecule has 152 valence electrons. The van der Waals surface area contributed by atoms with Crippen LogP contribution >= 0.6 is 11.3 Å². The van der Waals surface area contributed by atoms with Gasteiger partial charge in [-0.15, -0.1) is 11.3 Å². The Kier molecular flexibility index (Phi) is 5.86. The van der Waals surface area contributed by atoms with Crippen LogP contribution in [0.3, 0.4) is 0 Å². The van der Waals surface area contributed by atoms with Gasteiger partial charge in [0.2, 0.25) is 5.91 Å². The van der Waals surface area contributed by atoms with E-state index >= 15 is 0 Å². The summed E-state index contributed by atoms with van der Waals surface area (Å²) in [6, 6.07) is 6.43. The largest absolute Gasteiger partial charge is 0.462 e. The first kappa shape index (κ1) is 20.8. The molecule has 3 rings (SSSR count). The van der Waals surface area contributed by atoms with E-state index < -0.39 is 27.8 Å². The number of esters is 1. The maximum absolute atomic E-state index is 12.3. The molecule has 29 heavy (non-hydrogen) atoms. The van der Waals surface area contributed by atoms with Gasteiger partial charge in [0, 0.05) is 13.1 Å². The highest BCUT2D eigenvalue weighted by molar-refractivity contribution is 7.92. The number of nitrogens with one attached hydrogen (secondary N) is 1. The Morgan fingerprint density at radius 2 is 2.17 bits per heavy atom. The maximum Gasteiger partial charge on any atom is 0.340 e. The molecule has 0 aromatic carbocycles. The molecule has 1 saturated heterocycles. The fraction of sp³-hybridized carbons (Fsp3) is 0.333. The molecule has 0 saturated carbocycles. The number of nitrogens with zero attached hydrogens (tertiary/aromatic N) is 3. The van der Waals surface area contributed by atoms with Gasteiger partial charge >= 0.3 is 5.97 Å². The van der Waals surface area contributed by atoms with E-state index in [1.54, 1.807) is 30.2 Å². The summed E-state index contributed by atoms with van der Waals surface area (Å²) in [4.78, 5) is 30.3. The number of rotatable bonds is 6. The number of sulfonamides is 1. The first-order valence-electron chi connectivity index (χ1n) is 8.70. The fourth-order valence-corrected chi connectivity index (χ4v) is 4.87. The van der Waals surface area contributed by atoms with Crippen LogP contribution in [0.1, 0.15) is 28.5 Å². The molecule has 0 aliphatic carbocycles. The zero-order valence-electron chi connectivity index (χ0n) is 15.7. The van der Waals surface area contributed by atoms with Crippen LogP contribution in [0.2, 0.25) is 0 Å². The van der Waals surface area contributed by atoms with E-state index in [1.807, 2.05) is 6.07 Å². The van der Waals surface area contributed by atoms with Gasteiger partial charge in [-0.1, -0.05) is 6.07 Å². The number of ether oxygens (including phenoxy) is 1. The molecule has 1 fully saturated rings. The molecule has 11 heteroatoms. The van der Waals surface area contributed by atoms with Crippen LogP contribution in [-0.4, -0.2) is 45.0 Å². The van der Waals surface area contributed by atoms with Crippen molar-refractivity contribution in [2.75, 3.05) is 24.6 Å². The van der Waals surface area contributed by atoms with E-state index in [-0.39, 0.29) is 35.0 Å². The second-order valence-corrected chi connectivity index (χ2v) is 9.19. The second kappa shape index (κ2) is 8.18. The third kappa shape index (κ3) is 4.23. The van der Waals surface area contributed by atoms with Crippen molar-refractivity contribution < 1.29 is 22.7 Å². The number of carbonyl (C=O) groups is 2. The molecule has 0 unspecified atom stereocenters. The lowest BCUT2D eigenvalue weighted by Crippen LogP contribution is -2.55. The number of nitriles is 1. The number of hydrogen-bond acceptors (Lipinski definition) is 9. The number of aryl methyl sites for hydroxylation is 1. The minimum atomic E-state index is -3.88. The van der Waals surface area contributed by atoms with Gasteiger partial charge in [-0.05, 0) is 31.4 Å². The van der Waals surface area contributed by atoms with E-state index in [0.717, 1.165) is 11.3 Å². The molecule has 1 aliphatic rings. The lowest BCUT2D eigenvalue weighted by atomic mass is 9.98. The summed E-state index contributed by atoms with van der Waals surface area (Å²) in [7, 11) is -3.88. The molecule has 0 spiro atoms. The SMILES string of the molecule is CCOC(=O)c1cc(C#N)c(N2CC(C(=O)NS(=O)(=O)c3cccs3)C2)nc1C. The van der Waals surface area contributed by atoms with Gasteiger partial charge in [-0.2, -0.15) is 5.26 Å². The lowest BCUT2D eigenvalue weighted by molar-refractivity contribution is -0.123. The molecule has 0 bridgehead atoms. The predicted octanol–water partition coefficient (Wildman–Crippen LogP) is 1.44. The molecule has 0 atom stereocenters. The summed E-state index contributed by atoms with van der Waals surface area (Å²) in [6.45, 7) is 3.95. The Balaban J connectivity index is 1.70. The van der Waals surface area contributed by atoms with Crippen molar-refractivity contribution in [1.82, 2.24) is 9.71 Å². The van der Waals surface area contributed by atoms with Crippen LogP contribution in [0.4, 0.5) is 5.82 Å². The summed E-state index contributed by atoms with van der Waals surface area (Å²) in [5.74, 6) is -1.36. The van der Waals surface area contributed by atoms with Crippen LogP contribution < -0.4 is 9.62 Å². The van der Waals surface area contributed by atoms with E-state index in [1.165, 1.54) is 12.1 Å². The molecular formula is C18H18N4O5S2. The van der Waals surface area contributed by atoms with Gasteiger partial charge in [-0.25, -0.2) is 22.9 Å². The maximum atomic E-state index is 12.3. The Morgan fingerprint density at radius 3 is 2.76 bits per heavy atom. The number of thiophene rings is 1. The topological polar surface area (TPSA) is 129 Å². The van der Waals surface area contributed by atoms with Crippen molar-refractivity contribution in [2.24, 2.45) is 5.92 Å². The number of anilines is 1. The van der Waals surface area contributed by atoms with E-state index in [9.17, 15) is 23.3 Å². The summed E-state index contributed by atoms with van der Waals surface area (Å²) < 4.78 is 31.4. The summed E-state index contributed by atoms with van der Waals surface area (Å²) in [6.07, 6.45) is 0. The van der Waals surface area contributed by atoms with E-state index in [0.29, 0.717) is 11.5 Å². The van der Waals surface area contributed by atoms with Crippen LogP contribution in [0.25, 0.3) is 0 Å². The third-order valence-corrected chi connectivity index (χ3v) is 7.10. The van der Waals surface area contributed by atoms with Gasteiger partial charge in [0.25, 0.3) is 10.0 Å². The van der Waals surface area contributed by atoms with Crippen LogP contribution in [0.15, 0.2) is 27.8 Å². The van der Waals surface area contributed by atoms with Crippen molar-refractivity contribution in [1.29, 1.82) is 5.26 Å². The third-order valence-electron chi connectivity index (χ3n) is 4.36. The van der Waals surface area contributed by atoms with E-state index in [2.05, 4.69) is 9.71 Å². The molecule has 2 aromatic rings. The first-order valence-corrected chi connectivity index (χ1v) is 11.1. The molecule has 1 N–H and O–H groups in total. The Labute approximate surface area is 172 Å². The highest BCUT2D eigenvalue weighted by atomic mass is 32.2. The number of carbonyl (C=O) groups excluding carboxylic acids is 2. The minimum absolute atomic E-state index is 0.0700. The number of aromatic nitrogens is 1. The molecule has 2 aromatic heterocycles. The lowest BCUT2D eigenvalue weighted by Gasteiger charge is -2.39. The van der Waals surface area contributed by atoms with Crippen LogP contribution in [0, 0.1) is 24.2 Å².